The van der Waals surface area contributed by atoms with E-state index < -0.39 is 0 Å². The first-order valence-electron chi connectivity index (χ1n) is 7.78. The van der Waals surface area contributed by atoms with E-state index in [-0.39, 0.29) is 18.5 Å². The van der Waals surface area contributed by atoms with Crippen LogP contribution in [-0.4, -0.2) is 35.3 Å². The lowest BCUT2D eigenvalue weighted by Crippen LogP contribution is -2.34. The summed E-state index contributed by atoms with van der Waals surface area (Å²) in [5, 5.41) is 4.59. The van der Waals surface area contributed by atoms with Crippen molar-refractivity contribution in [3.8, 4) is 11.5 Å². The third-order valence-corrected chi connectivity index (χ3v) is 4.35. The summed E-state index contributed by atoms with van der Waals surface area (Å²) in [6.45, 7) is 1.97. The van der Waals surface area contributed by atoms with E-state index in [0.717, 1.165) is 61.2 Å². The molecule has 0 amide bonds. The highest BCUT2D eigenvalue weighted by Gasteiger charge is 2.26. The lowest BCUT2D eigenvalue weighted by molar-refractivity contribution is 0.153. The van der Waals surface area contributed by atoms with Crippen LogP contribution in [0.25, 0.3) is 10.9 Å². The number of fused-ring (bicyclic) bond motifs is 1. The third kappa shape index (κ3) is 3.79. The molecule has 0 atom stereocenters. The molecule has 0 radical (unpaired) electrons. The topological polar surface area (TPSA) is 56.3 Å². The molecule has 1 N–H and O–H groups in total. The fourth-order valence-corrected chi connectivity index (χ4v) is 2.87. The Balaban J connectivity index is 0.00000156. The first-order valence-corrected chi connectivity index (χ1v) is 8.16. The lowest BCUT2D eigenvalue weighted by atomic mass is 10.1. The van der Waals surface area contributed by atoms with Crippen LogP contribution in [0.5, 0.6) is 11.5 Å². The van der Waals surface area contributed by atoms with Crippen molar-refractivity contribution in [3.63, 3.8) is 0 Å². The normalized spacial score (nSPS) is 18.5. The van der Waals surface area contributed by atoms with E-state index in [1.807, 2.05) is 12.1 Å². The Morgan fingerprint density at radius 1 is 0.957 bits per heavy atom. The molecular weight excluding hydrogens is 337 g/mol. The summed E-state index contributed by atoms with van der Waals surface area (Å²) in [5.41, 5.74) is 0.785. The Labute approximate surface area is 146 Å². The summed E-state index contributed by atoms with van der Waals surface area (Å²) in [6, 6.07) is 3.83. The van der Waals surface area contributed by atoms with E-state index in [9.17, 15) is 0 Å². The third-order valence-electron chi connectivity index (χ3n) is 4.05. The molecule has 2 aromatic rings. The molecule has 1 aliphatic heterocycles. The summed E-state index contributed by atoms with van der Waals surface area (Å²) < 4.78 is 12.2. The van der Waals surface area contributed by atoms with E-state index in [4.69, 9.17) is 21.1 Å². The number of aromatic nitrogens is 2. The number of hydrogen-bond acceptors (Lipinski definition) is 5. The van der Waals surface area contributed by atoms with Crippen LogP contribution >= 0.6 is 24.0 Å². The largest absolute Gasteiger partial charge is 0.486 e. The highest BCUT2D eigenvalue weighted by molar-refractivity contribution is 6.34. The van der Waals surface area contributed by atoms with Crippen LogP contribution in [0.1, 0.15) is 25.7 Å². The van der Waals surface area contributed by atoms with Crippen LogP contribution in [0, 0.1) is 0 Å². The molecule has 5 nitrogen and oxygen atoms in total. The molecule has 1 aliphatic carbocycles. The highest BCUT2D eigenvalue weighted by atomic mass is 35.5. The van der Waals surface area contributed by atoms with Crippen molar-refractivity contribution < 1.29 is 9.47 Å². The van der Waals surface area contributed by atoms with Gasteiger partial charge in [-0.1, -0.05) is 11.6 Å². The number of ether oxygens (including phenoxy) is 2. The number of hydrogen-bond donors (Lipinski definition) is 1. The standard InChI is InChI=1S/C16H18ClN3O2.ClH/c17-16-12-7-14(22-11-3-5-18-6-4-11)15(21-10-1-2-10)8-13(12)19-9-20-16;/h7-11,18H,1-6H2;1H. The minimum atomic E-state index is 0. The SMILES string of the molecule is Cl.Clc1ncnc2cc(OC3CC3)c(OC3CCNCC3)cc12. The smallest absolute Gasteiger partial charge is 0.163 e. The molecule has 0 bridgehead atoms. The molecule has 4 rings (SSSR count). The molecule has 7 heteroatoms. The van der Waals surface area contributed by atoms with E-state index in [1.54, 1.807) is 0 Å². The van der Waals surface area contributed by atoms with Gasteiger partial charge in [-0.2, -0.15) is 0 Å². The number of rotatable bonds is 4. The van der Waals surface area contributed by atoms with Crippen LogP contribution in [0.3, 0.4) is 0 Å². The van der Waals surface area contributed by atoms with Crippen LogP contribution < -0.4 is 14.8 Å². The van der Waals surface area contributed by atoms with Crippen molar-refractivity contribution in [1.29, 1.82) is 0 Å². The predicted molar refractivity (Wildman–Crippen MR) is 92.0 cm³/mol. The second-order valence-corrected chi connectivity index (χ2v) is 6.22. The Bertz CT molecular complexity index is 688. The number of piperidine rings is 1. The number of benzene rings is 1. The van der Waals surface area contributed by atoms with Gasteiger partial charge in [-0.3, -0.25) is 0 Å². The summed E-state index contributed by atoms with van der Waals surface area (Å²) in [7, 11) is 0. The molecular formula is C16H19Cl2N3O2. The quantitative estimate of drug-likeness (QED) is 0.852. The first kappa shape index (κ1) is 16.6. The number of nitrogens with one attached hydrogen (secondary N) is 1. The average molecular weight is 356 g/mol. The average Bonchev–Trinajstić information content (AvgIpc) is 3.34. The minimum absolute atomic E-state index is 0. The number of halogens is 2. The zero-order valence-corrected chi connectivity index (χ0v) is 14.2. The van der Waals surface area contributed by atoms with Gasteiger partial charge in [-0.25, -0.2) is 9.97 Å². The molecule has 1 saturated carbocycles. The molecule has 1 aromatic carbocycles. The zero-order chi connectivity index (χ0) is 14.9. The van der Waals surface area contributed by atoms with Gasteiger partial charge in [-0.05, 0) is 44.8 Å². The summed E-state index contributed by atoms with van der Waals surface area (Å²) in [4.78, 5) is 8.32. The first-order chi connectivity index (χ1) is 10.8. The van der Waals surface area contributed by atoms with Gasteiger partial charge in [-0.15, -0.1) is 12.4 Å². The van der Waals surface area contributed by atoms with Gasteiger partial charge in [0.25, 0.3) is 0 Å². The van der Waals surface area contributed by atoms with Crippen molar-refractivity contribution >= 4 is 34.9 Å². The maximum atomic E-state index is 6.20. The zero-order valence-electron chi connectivity index (χ0n) is 12.6. The molecule has 124 valence electrons. The monoisotopic (exact) mass is 355 g/mol. The van der Waals surface area contributed by atoms with Gasteiger partial charge in [0.1, 0.15) is 17.6 Å². The van der Waals surface area contributed by atoms with Crippen molar-refractivity contribution in [3.05, 3.63) is 23.6 Å². The highest BCUT2D eigenvalue weighted by Crippen LogP contribution is 2.38. The molecule has 0 spiro atoms. The van der Waals surface area contributed by atoms with Gasteiger partial charge in [0, 0.05) is 11.5 Å². The van der Waals surface area contributed by atoms with Gasteiger partial charge < -0.3 is 14.8 Å². The summed E-state index contributed by atoms with van der Waals surface area (Å²) in [6.07, 6.45) is 6.21. The minimum Gasteiger partial charge on any atom is -0.486 e. The second-order valence-electron chi connectivity index (χ2n) is 5.86. The molecule has 2 fully saturated rings. The van der Waals surface area contributed by atoms with Crippen molar-refractivity contribution in [2.45, 2.75) is 37.9 Å². The molecule has 23 heavy (non-hydrogen) atoms. The molecule has 2 heterocycles. The predicted octanol–water partition coefficient (Wildman–Crippen LogP) is 3.38. The van der Waals surface area contributed by atoms with Gasteiger partial charge >= 0.3 is 0 Å². The van der Waals surface area contributed by atoms with Crippen LogP contribution in [-0.2, 0) is 0 Å². The summed E-state index contributed by atoms with van der Waals surface area (Å²) >= 11 is 6.18. The van der Waals surface area contributed by atoms with Crippen LogP contribution in [0.2, 0.25) is 5.15 Å². The van der Waals surface area contributed by atoms with E-state index >= 15 is 0 Å². The number of nitrogens with zero attached hydrogens (tertiary/aromatic N) is 2. The van der Waals surface area contributed by atoms with E-state index in [2.05, 4.69) is 15.3 Å². The Morgan fingerprint density at radius 2 is 1.61 bits per heavy atom. The van der Waals surface area contributed by atoms with E-state index in [1.165, 1.54) is 6.33 Å². The van der Waals surface area contributed by atoms with Gasteiger partial charge in [0.2, 0.25) is 0 Å². The van der Waals surface area contributed by atoms with Gasteiger partial charge in [0.15, 0.2) is 11.5 Å². The van der Waals surface area contributed by atoms with Gasteiger partial charge in [0.05, 0.1) is 11.6 Å². The molecule has 1 saturated heterocycles. The van der Waals surface area contributed by atoms with Crippen molar-refractivity contribution in [2.24, 2.45) is 0 Å². The maximum absolute atomic E-state index is 6.20. The van der Waals surface area contributed by atoms with Crippen LogP contribution in [0.15, 0.2) is 18.5 Å². The molecule has 0 unspecified atom stereocenters. The van der Waals surface area contributed by atoms with Crippen LogP contribution in [0.4, 0.5) is 0 Å². The maximum Gasteiger partial charge on any atom is 0.163 e. The lowest BCUT2D eigenvalue weighted by Gasteiger charge is -2.25. The molecule has 1 aromatic heterocycles. The Hall–Kier alpha value is -1.30. The summed E-state index contributed by atoms with van der Waals surface area (Å²) in [5.74, 6) is 1.52. The Kier molecular flexibility index (Phi) is 5.09. The Morgan fingerprint density at radius 3 is 2.30 bits per heavy atom. The van der Waals surface area contributed by atoms with Crippen molar-refractivity contribution in [2.75, 3.05) is 13.1 Å². The fraction of sp³-hybridized carbons (Fsp3) is 0.500. The second kappa shape index (κ2) is 7.07. The fourth-order valence-electron chi connectivity index (χ4n) is 2.68. The molecule has 2 aliphatic rings. The van der Waals surface area contributed by atoms with Crippen molar-refractivity contribution in [1.82, 2.24) is 15.3 Å². The van der Waals surface area contributed by atoms with E-state index in [0.29, 0.717) is 11.3 Å².